The predicted molar refractivity (Wildman–Crippen MR) is 183 cm³/mol. The fourth-order valence-corrected chi connectivity index (χ4v) is 7.74. The molecule has 0 bridgehead atoms. The number of methoxy groups -OCH3 is 1. The van der Waals surface area contributed by atoms with Gasteiger partial charge < -0.3 is 20.3 Å². The topological polar surface area (TPSA) is 134 Å². The zero-order valence-electron chi connectivity index (χ0n) is 27.6. The Kier molecular flexibility index (Phi) is 9.65. The Morgan fingerprint density at radius 1 is 0.979 bits per heavy atom. The number of para-hydroxylation sites is 1. The number of hydrogen-bond acceptors (Lipinski definition) is 10. The summed E-state index contributed by atoms with van der Waals surface area (Å²) in [6.07, 6.45) is 7.06. The van der Waals surface area contributed by atoms with Gasteiger partial charge in [0.1, 0.15) is 5.75 Å². The molecule has 250 valence electrons. The van der Waals surface area contributed by atoms with Crippen LogP contribution >= 0.6 is 0 Å². The Bertz CT molecular complexity index is 1840. The second-order valence-electron chi connectivity index (χ2n) is 12.7. The van der Waals surface area contributed by atoms with E-state index in [0.717, 1.165) is 44.6 Å². The molecule has 0 unspecified atom stereocenters. The molecule has 0 radical (unpaired) electrons. The molecule has 0 spiro atoms. The molecule has 1 amide bonds. The molecular formula is C34H44N8O4S. The minimum absolute atomic E-state index is 0.188. The number of ether oxygens (including phenoxy) is 1. The summed E-state index contributed by atoms with van der Waals surface area (Å²) in [5.41, 5.74) is 3.97. The molecule has 4 heterocycles. The molecule has 2 N–H and O–H groups in total. The van der Waals surface area contributed by atoms with Gasteiger partial charge in [0.15, 0.2) is 15.5 Å². The van der Waals surface area contributed by atoms with Gasteiger partial charge in [-0.05, 0) is 101 Å². The molecule has 2 saturated heterocycles. The lowest BCUT2D eigenvalue weighted by atomic mass is 9.86. The average molecular weight is 661 g/mol. The number of aromatic nitrogens is 4. The van der Waals surface area contributed by atoms with E-state index in [1.165, 1.54) is 29.3 Å². The van der Waals surface area contributed by atoms with Crippen molar-refractivity contribution < 1.29 is 17.9 Å². The summed E-state index contributed by atoms with van der Waals surface area (Å²) in [5.74, 6) is 1.84. The van der Waals surface area contributed by atoms with E-state index in [9.17, 15) is 13.2 Å². The number of anilines is 4. The Hall–Kier alpha value is -4.23. The van der Waals surface area contributed by atoms with Crippen molar-refractivity contribution in [2.45, 2.75) is 68.9 Å². The number of sulfone groups is 1. The molecule has 2 aliphatic heterocycles. The zero-order chi connectivity index (χ0) is 33.1. The van der Waals surface area contributed by atoms with E-state index < -0.39 is 15.1 Å². The molecule has 0 saturated carbocycles. The van der Waals surface area contributed by atoms with E-state index in [2.05, 4.69) is 38.6 Å². The van der Waals surface area contributed by atoms with Gasteiger partial charge in [-0.2, -0.15) is 19.6 Å². The van der Waals surface area contributed by atoms with Gasteiger partial charge >= 0.3 is 0 Å². The number of carbonyl (C=O) groups excluding carboxylic acids is 1. The second kappa shape index (κ2) is 13.9. The van der Waals surface area contributed by atoms with Crippen LogP contribution in [0.5, 0.6) is 5.75 Å². The van der Waals surface area contributed by atoms with E-state index in [-0.39, 0.29) is 10.8 Å². The van der Waals surface area contributed by atoms with E-state index >= 15 is 0 Å². The van der Waals surface area contributed by atoms with Gasteiger partial charge in [0.25, 0.3) is 0 Å². The molecule has 47 heavy (non-hydrogen) atoms. The molecule has 4 aromatic rings. The highest BCUT2D eigenvalue weighted by molar-refractivity contribution is 7.92. The minimum Gasteiger partial charge on any atom is -0.495 e. The van der Waals surface area contributed by atoms with Crippen LogP contribution in [0.3, 0.4) is 0 Å². The highest BCUT2D eigenvalue weighted by Gasteiger charge is 2.27. The number of piperidine rings is 2. The number of benzene rings is 2. The number of rotatable bonds is 10. The minimum atomic E-state index is -3.56. The number of aryl methyl sites for hydroxylation is 1. The lowest BCUT2D eigenvalue weighted by Crippen LogP contribution is -2.45. The Balaban J connectivity index is 1.20. The largest absolute Gasteiger partial charge is 0.495 e. The smallest absolute Gasteiger partial charge is 0.236 e. The number of carbonyl (C=O) groups is 1. The molecule has 2 aliphatic rings. The molecule has 12 nitrogen and oxygen atoms in total. The fourth-order valence-electron chi connectivity index (χ4n) is 6.53. The van der Waals surface area contributed by atoms with E-state index in [4.69, 9.17) is 9.72 Å². The lowest BCUT2D eigenvalue weighted by molar-refractivity contribution is -0.133. The Morgan fingerprint density at radius 3 is 2.45 bits per heavy atom. The van der Waals surface area contributed by atoms with Crippen molar-refractivity contribution in [3.63, 3.8) is 0 Å². The van der Waals surface area contributed by atoms with E-state index in [0.29, 0.717) is 47.1 Å². The van der Waals surface area contributed by atoms with Crippen LogP contribution in [0, 0.1) is 6.92 Å². The van der Waals surface area contributed by atoms with Crippen LogP contribution < -0.4 is 15.4 Å². The normalized spacial score (nSPS) is 16.5. The summed E-state index contributed by atoms with van der Waals surface area (Å²) in [7, 11) is -1.92. The van der Waals surface area contributed by atoms with Crippen LogP contribution in [0.15, 0.2) is 53.6 Å². The molecule has 2 aromatic carbocycles. The van der Waals surface area contributed by atoms with Gasteiger partial charge in [0.05, 0.1) is 41.4 Å². The highest BCUT2D eigenvalue weighted by atomic mass is 32.2. The maximum Gasteiger partial charge on any atom is 0.236 e. The number of hydrogen-bond donors (Lipinski definition) is 2. The SMILES string of the molecule is COc1cc(C2CCN(C(=O)CN3CCCCC3)CC2)c(C)cc1Nc1nc(Nc2ccccc2S(=O)(=O)C(C)C)n2nccc2n1. The van der Waals surface area contributed by atoms with E-state index in [1.807, 2.05) is 11.0 Å². The maximum absolute atomic E-state index is 13.1. The van der Waals surface area contributed by atoms with Gasteiger partial charge in [-0.25, -0.2) is 8.42 Å². The Labute approximate surface area is 276 Å². The van der Waals surface area contributed by atoms with Gasteiger partial charge in [-0.15, -0.1) is 0 Å². The first kappa shape index (κ1) is 32.7. The van der Waals surface area contributed by atoms with Crippen LogP contribution in [0.2, 0.25) is 0 Å². The number of fused-ring (bicyclic) bond motifs is 1. The summed E-state index contributed by atoms with van der Waals surface area (Å²) in [4.78, 5) is 26.8. The first-order valence-electron chi connectivity index (χ1n) is 16.4. The van der Waals surface area contributed by atoms with Crippen molar-refractivity contribution in [3.8, 4) is 5.75 Å². The summed E-state index contributed by atoms with van der Waals surface area (Å²) < 4.78 is 33.5. The fraction of sp³-hybridized carbons (Fsp3) is 0.471. The molecule has 2 fully saturated rings. The maximum atomic E-state index is 13.1. The molecule has 13 heteroatoms. The van der Waals surface area contributed by atoms with Crippen molar-refractivity contribution in [1.82, 2.24) is 29.4 Å². The van der Waals surface area contributed by atoms with Crippen LogP contribution in [-0.4, -0.2) is 88.8 Å². The Morgan fingerprint density at radius 2 is 1.72 bits per heavy atom. The second-order valence-corrected chi connectivity index (χ2v) is 15.2. The van der Waals surface area contributed by atoms with Crippen LogP contribution in [0.1, 0.15) is 63.0 Å². The molecule has 0 atom stereocenters. The van der Waals surface area contributed by atoms with Gasteiger partial charge in [0, 0.05) is 19.2 Å². The van der Waals surface area contributed by atoms with Crippen molar-refractivity contribution >= 4 is 44.7 Å². The number of nitrogens with one attached hydrogen (secondary N) is 2. The quantitative estimate of drug-likeness (QED) is 0.231. The monoisotopic (exact) mass is 660 g/mol. The highest BCUT2D eigenvalue weighted by Crippen LogP contribution is 2.38. The summed E-state index contributed by atoms with van der Waals surface area (Å²) in [5, 5.41) is 10.3. The third-order valence-electron chi connectivity index (χ3n) is 9.25. The summed E-state index contributed by atoms with van der Waals surface area (Å²) in [6, 6.07) is 12.7. The van der Waals surface area contributed by atoms with Crippen LogP contribution in [-0.2, 0) is 14.6 Å². The van der Waals surface area contributed by atoms with Crippen molar-refractivity contribution in [1.29, 1.82) is 0 Å². The van der Waals surface area contributed by atoms with Crippen molar-refractivity contribution in [3.05, 3.63) is 59.8 Å². The van der Waals surface area contributed by atoms with E-state index in [1.54, 1.807) is 57.5 Å². The zero-order valence-corrected chi connectivity index (χ0v) is 28.4. The first-order chi connectivity index (χ1) is 22.6. The third-order valence-corrected chi connectivity index (χ3v) is 11.5. The number of amides is 1. The molecular weight excluding hydrogens is 616 g/mol. The van der Waals surface area contributed by atoms with Gasteiger partial charge in [-0.3, -0.25) is 9.69 Å². The summed E-state index contributed by atoms with van der Waals surface area (Å²) >= 11 is 0. The average Bonchev–Trinajstić information content (AvgIpc) is 3.55. The number of nitrogens with zero attached hydrogens (tertiary/aromatic N) is 6. The number of likely N-dealkylation sites (tertiary alicyclic amines) is 2. The first-order valence-corrected chi connectivity index (χ1v) is 18.0. The predicted octanol–water partition coefficient (Wildman–Crippen LogP) is 5.30. The standard InChI is InChI=1S/C34H44N8O4S/c1-23(2)47(44,45)30-11-7-6-10-27(30)37-34-39-33(38-31-12-15-35-42(31)34)36-28-20-24(3)26(21-29(28)46-4)25-13-18-41(19-14-25)32(43)22-40-16-8-5-9-17-40/h6-7,10-12,15,20-21,23,25H,5,8-9,13-14,16-19,22H2,1-4H3,(H2,36,37,38,39). The molecule has 2 aromatic heterocycles. The molecule has 6 rings (SSSR count). The van der Waals surface area contributed by atoms with Crippen molar-refractivity contribution in [2.75, 3.05) is 50.5 Å². The van der Waals surface area contributed by atoms with Crippen LogP contribution in [0.25, 0.3) is 5.65 Å². The van der Waals surface area contributed by atoms with Gasteiger partial charge in [-0.1, -0.05) is 18.6 Å². The summed E-state index contributed by atoms with van der Waals surface area (Å²) in [6.45, 7) is 9.51. The van der Waals surface area contributed by atoms with Crippen LogP contribution in [0.4, 0.5) is 23.3 Å². The lowest BCUT2D eigenvalue weighted by Gasteiger charge is -2.35. The van der Waals surface area contributed by atoms with Crippen molar-refractivity contribution in [2.24, 2.45) is 0 Å². The third kappa shape index (κ3) is 7.05. The van der Waals surface area contributed by atoms with Gasteiger partial charge in [0.2, 0.25) is 17.8 Å². The molecule has 0 aliphatic carbocycles.